The van der Waals surface area contributed by atoms with Crippen molar-refractivity contribution in [2.75, 3.05) is 13.1 Å². The molecule has 2 aromatic rings. The molecule has 1 fully saturated rings. The first-order valence-corrected chi connectivity index (χ1v) is 6.56. The Morgan fingerprint density at radius 1 is 1.50 bits per heavy atom. The minimum Gasteiger partial charge on any atom is -0.392 e. The van der Waals surface area contributed by atoms with Gasteiger partial charge < -0.3 is 9.51 Å². The third-order valence-corrected chi connectivity index (χ3v) is 3.59. The lowest BCUT2D eigenvalue weighted by atomic mass is 10.1. The zero-order valence-corrected chi connectivity index (χ0v) is 10.7. The maximum absolute atomic E-state index is 9.67. The van der Waals surface area contributed by atoms with E-state index in [0.29, 0.717) is 0 Å². The maximum Gasteiger partial charge on any atom is 0.139 e. The number of hydrogen-bond donors (Lipinski definition) is 1. The topological polar surface area (TPSA) is 40.8 Å². The molecule has 4 nitrogen and oxygen atoms in total. The molecule has 1 aliphatic rings. The van der Waals surface area contributed by atoms with Crippen molar-refractivity contribution in [1.82, 2.24) is 14.3 Å². The quantitative estimate of drug-likeness (QED) is 0.873. The van der Waals surface area contributed by atoms with Gasteiger partial charge in [-0.05, 0) is 37.9 Å². The first kappa shape index (κ1) is 11.7. The van der Waals surface area contributed by atoms with E-state index in [1.165, 1.54) is 5.56 Å². The normalized spacial score (nSPS) is 21.6. The van der Waals surface area contributed by atoms with Crippen molar-refractivity contribution in [3.8, 4) is 0 Å². The fraction of sp³-hybridized carbons (Fsp3) is 0.500. The average Bonchev–Trinajstić information content (AvgIpc) is 2.73. The molecule has 0 unspecified atom stereocenters. The van der Waals surface area contributed by atoms with Crippen LogP contribution in [0.5, 0.6) is 0 Å². The highest BCUT2D eigenvalue weighted by atomic mass is 16.3. The molecule has 3 heterocycles. The summed E-state index contributed by atoms with van der Waals surface area (Å²) in [7, 11) is 0. The van der Waals surface area contributed by atoms with Crippen LogP contribution in [0.3, 0.4) is 0 Å². The molecular weight excluding hydrogens is 226 g/mol. The van der Waals surface area contributed by atoms with Gasteiger partial charge in [0.05, 0.1) is 11.8 Å². The summed E-state index contributed by atoms with van der Waals surface area (Å²) < 4.78 is 2.07. The predicted molar refractivity (Wildman–Crippen MR) is 70.4 cm³/mol. The number of rotatable bonds is 2. The zero-order chi connectivity index (χ0) is 12.5. The molecule has 0 aromatic carbocycles. The van der Waals surface area contributed by atoms with Crippen molar-refractivity contribution in [2.24, 2.45) is 0 Å². The number of β-amino-alcohol motifs (C(OH)–C–C–N with tert-alkyl or cyclic N) is 1. The van der Waals surface area contributed by atoms with E-state index in [2.05, 4.69) is 33.5 Å². The van der Waals surface area contributed by atoms with E-state index < -0.39 is 0 Å². The van der Waals surface area contributed by atoms with E-state index in [0.717, 1.165) is 43.8 Å². The number of hydrogen-bond acceptors (Lipinski definition) is 3. The lowest BCUT2D eigenvalue weighted by Crippen LogP contribution is -2.37. The van der Waals surface area contributed by atoms with E-state index >= 15 is 0 Å². The molecule has 0 radical (unpaired) electrons. The Balaban J connectivity index is 1.80. The minimum absolute atomic E-state index is 0.169. The second-order valence-electron chi connectivity index (χ2n) is 5.19. The third-order valence-electron chi connectivity index (χ3n) is 3.59. The van der Waals surface area contributed by atoms with Crippen molar-refractivity contribution in [1.29, 1.82) is 0 Å². The Bertz CT molecular complexity index is 549. The van der Waals surface area contributed by atoms with E-state index in [1.54, 1.807) is 0 Å². The van der Waals surface area contributed by atoms with Crippen molar-refractivity contribution in [2.45, 2.75) is 32.4 Å². The van der Waals surface area contributed by atoms with Crippen LogP contribution in [-0.2, 0) is 6.54 Å². The Hall–Kier alpha value is -1.39. The van der Waals surface area contributed by atoms with Gasteiger partial charge in [0, 0.05) is 25.5 Å². The van der Waals surface area contributed by atoms with Crippen LogP contribution >= 0.6 is 0 Å². The standard InChI is InChI=1S/C14H19N3O/c1-11-4-2-7-17-9-12(15-14(11)17)8-16-6-3-5-13(18)10-16/h2,4,7,9,13,18H,3,5-6,8,10H2,1H3/t13-/m1/s1. The van der Waals surface area contributed by atoms with Crippen molar-refractivity contribution in [3.63, 3.8) is 0 Å². The number of aliphatic hydroxyl groups excluding tert-OH is 1. The molecule has 1 atom stereocenters. The van der Waals surface area contributed by atoms with Crippen LogP contribution in [-0.4, -0.2) is 38.6 Å². The van der Waals surface area contributed by atoms with Crippen LogP contribution in [0.25, 0.3) is 5.65 Å². The van der Waals surface area contributed by atoms with Gasteiger partial charge in [-0.1, -0.05) is 6.07 Å². The third kappa shape index (κ3) is 2.26. The van der Waals surface area contributed by atoms with Gasteiger partial charge in [-0.25, -0.2) is 4.98 Å². The molecule has 96 valence electrons. The Kier molecular flexibility index (Phi) is 3.06. The number of likely N-dealkylation sites (tertiary alicyclic amines) is 1. The minimum atomic E-state index is -0.169. The molecule has 1 aliphatic heterocycles. The first-order valence-electron chi connectivity index (χ1n) is 6.56. The van der Waals surface area contributed by atoms with Gasteiger partial charge >= 0.3 is 0 Å². The smallest absolute Gasteiger partial charge is 0.139 e. The maximum atomic E-state index is 9.67. The highest BCUT2D eigenvalue weighted by Gasteiger charge is 2.18. The summed E-state index contributed by atoms with van der Waals surface area (Å²) in [6, 6.07) is 4.12. The number of piperidine rings is 1. The second kappa shape index (κ2) is 4.71. The summed E-state index contributed by atoms with van der Waals surface area (Å²) in [5.74, 6) is 0. The number of pyridine rings is 1. The van der Waals surface area contributed by atoms with Gasteiger partial charge in [0.2, 0.25) is 0 Å². The summed E-state index contributed by atoms with van der Waals surface area (Å²) >= 11 is 0. The van der Waals surface area contributed by atoms with Crippen molar-refractivity contribution >= 4 is 5.65 Å². The highest BCUT2D eigenvalue weighted by molar-refractivity contribution is 5.47. The highest BCUT2D eigenvalue weighted by Crippen LogP contribution is 2.15. The first-order chi connectivity index (χ1) is 8.72. The van der Waals surface area contributed by atoms with E-state index in [9.17, 15) is 5.11 Å². The van der Waals surface area contributed by atoms with Gasteiger partial charge in [0.1, 0.15) is 5.65 Å². The van der Waals surface area contributed by atoms with Gasteiger partial charge in [0.25, 0.3) is 0 Å². The number of aliphatic hydroxyl groups is 1. The second-order valence-corrected chi connectivity index (χ2v) is 5.19. The SMILES string of the molecule is Cc1cccn2cc(CN3CCC[C@@H](O)C3)nc12. The number of aromatic nitrogens is 2. The molecule has 4 heteroatoms. The number of imidazole rings is 1. The number of fused-ring (bicyclic) bond motifs is 1. The molecule has 0 amide bonds. The van der Waals surface area contributed by atoms with Gasteiger partial charge in [-0.2, -0.15) is 0 Å². The largest absolute Gasteiger partial charge is 0.392 e. The summed E-state index contributed by atoms with van der Waals surface area (Å²) in [6.07, 6.45) is 5.96. The molecular formula is C14H19N3O. The summed E-state index contributed by atoms with van der Waals surface area (Å²) in [6.45, 7) is 4.74. The Labute approximate surface area is 107 Å². The summed E-state index contributed by atoms with van der Waals surface area (Å²) in [5.41, 5.74) is 3.31. The zero-order valence-electron chi connectivity index (χ0n) is 10.7. The molecule has 2 aromatic heterocycles. The molecule has 18 heavy (non-hydrogen) atoms. The molecule has 0 aliphatic carbocycles. The molecule has 0 saturated carbocycles. The summed E-state index contributed by atoms with van der Waals surface area (Å²) in [5, 5.41) is 9.67. The van der Waals surface area contributed by atoms with Gasteiger partial charge in [-0.3, -0.25) is 4.90 Å². The predicted octanol–water partition coefficient (Wildman–Crippen LogP) is 1.60. The fourth-order valence-electron chi connectivity index (χ4n) is 2.68. The van der Waals surface area contributed by atoms with E-state index in [-0.39, 0.29) is 6.10 Å². The van der Waals surface area contributed by atoms with Crippen LogP contribution in [0.1, 0.15) is 24.1 Å². The van der Waals surface area contributed by atoms with Crippen LogP contribution in [0.4, 0.5) is 0 Å². The number of aryl methyl sites for hydroxylation is 1. The van der Waals surface area contributed by atoms with Crippen LogP contribution in [0.2, 0.25) is 0 Å². The van der Waals surface area contributed by atoms with Crippen molar-refractivity contribution < 1.29 is 5.11 Å². The molecule has 1 N–H and O–H groups in total. The molecule has 3 rings (SSSR count). The molecule has 1 saturated heterocycles. The summed E-state index contributed by atoms with van der Waals surface area (Å²) in [4.78, 5) is 6.95. The van der Waals surface area contributed by atoms with Crippen LogP contribution in [0, 0.1) is 6.92 Å². The molecule has 0 bridgehead atoms. The Morgan fingerprint density at radius 2 is 2.39 bits per heavy atom. The van der Waals surface area contributed by atoms with Crippen LogP contribution in [0.15, 0.2) is 24.5 Å². The van der Waals surface area contributed by atoms with Gasteiger partial charge in [-0.15, -0.1) is 0 Å². The lowest BCUT2D eigenvalue weighted by Gasteiger charge is -2.29. The van der Waals surface area contributed by atoms with Gasteiger partial charge in [0.15, 0.2) is 0 Å². The fourth-order valence-corrected chi connectivity index (χ4v) is 2.68. The van der Waals surface area contributed by atoms with E-state index in [4.69, 9.17) is 0 Å². The number of nitrogens with zero attached hydrogens (tertiary/aromatic N) is 3. The molecule has 0 spiro atoms. The van der Waals surface area contributed by atoms with Crippen molar-refractivity contribution in [3.05, 3.63) is 35.8 Å². The lowest BCUT2D eigenvalue weighted by molar-refractivity contribution is 0.0663. The van der Waals surface area contributed by atoms with E-state index in [1.807, 2.05) is 12.3 Å². The monoisotopic (exact) mass is 245 g/mol. The van der Waals surface area contributed by atoms with Crippen LogP contribution < -0.4 is 0 Å². The average molecular weight is 245 g/mol. The Morgan fingerprint density at radius 3 is 3.17 bits per heavy atom.